The zero-order valence-corrected chi connectivity index (χ0v) is 9.49. The first-order chi connectivity index (χ1) is 6.99. The van der Waals surface area contributed by atoms with Crippen molar-refractivity contribution in [1.29, 1.82) is 0 Å². The standard InChI is InChI=1S/C11H20N2O2/c1-11(2,10(14)15)7-13-5-8-3-12-4-9(8)6-13/h8-9,12H,3-7H2,1-2H3,(H,14,15)/t8-,9+. The molecular weight excluding hydrogens is 192 g/mol. The van der Waals surface area contributed by atoms with Crippen molar-refractivity contribution in [2.45, 2.75) is 13.8 Å². The Hall–Kier alpha value is -0.610. The molecule has 0 spiro atoms. The molecule has 2 N–H and O–H groups in total. The van der Waals surface area contributed by atoms with Crippen molar-refractivity contribution in [3.05, 3.63) is 0 Å². The molecule has 2 heterocycles. The summed E-state index contributed by atoms with van der Waals surface area (Å²) in [5.41, 5.74) is -0.619. The number of carboxylic acid groups (broad SMARTS) is 1. The van der Waals surface area contributed by atoms with Crippen molar-refractivity contribution < 1.29 is 9.90 Å². The zero-order valence-electron chi connectivity index (χ0n) is 9.49. The summed E-state index contributed by atoms with van der Waals surface area (Å²) in [4.78, 5) is 13.3. The Morgan fingerprint density at radius 2 is 1.93 bits per heavy atom. The predicted octanol–water partition coefficient (Wildman–Crippen LogP) is 0.248. The van der Waals surface area contributed by atoms with Gasteiger partial charge in [0.25, 0.3) is 0 Å². The highest BCUT2D eigenvalue weighted by atomic mass is 16.4. The summed E-state index contributed by atoms with van der Waals surface area (Å²) in [5, 5.41) is 12.5. The molecule has 0 bridgehead atoms. The molecule has 4 heteroatoms. The zero-order chi connectivity index (χ0) is 11.1. The molecule has 0 amide bonds. The second kappa shape index (κ2) is 3.76. The second-order valence-corrected chi connectivity index (χ2v) is 5.56. The summed E-state index contributed by atoms with van der Waals surface area (Å²) >= 11 is 0. The molecule has 4 nitrogen and oxygen atoms in total. The third-order valence-corrected chi connectivity index (χ3v) is 3.66. The van der Waals surface area contributed by atoms with E-state index in [1.165, 1.54) is 0 Å². The van der Waals surface area contributed by atoms with E-state index in [1.807, 2.05) is 13.8 Å². The van der Waals surface area contributed by atoms with Gasteiger partial charge in [-0.15, -0.1) is 0 Å². The number of hydrogen-bond donors (Lipinski definition) is 2. The summed E-state index contributed by atoms with van der Waals surface area (Å²) in [6.07, 6.45) is 0. The lowest BCUT2D eigenvalue weighted by Gasteiger charge is -2.26. The van der Waals surface area contributed by atoms with Crippen LogP contribution in [0.3, 0.4) is 0 Å². The van der Waals surface area contributed by atoms with E-state index < -0.39 is 11.4 Å². The summed E-state index contributed by atoms with van der Waals surface area (Å²) in [6.45, 7) is 8.63. The normalized spacial score (nSPS) is 31.9. The number of nitrogens with one attached hydrogen (secondary N) is 1. The highest BCUT2D eigenvalue weighted by Gasteiger charge is 2.39. The molecule has 0 radical (unpaired) electrons. The van der Waals surface area contributed by atoms with Crippen molar-refractivity contribution in [3.8, 4) is 0 Å². The molecule has 0 saturated carbocycles. The van der Waals surface area contributed by atoms with Crippen molar-refractivity contribution in [2.75, 3.05) is 32.7 Å². The lowest BCUT2D eigenvalue weighted by molar-refractivity contribution is -0.147. The Kier molecular flexibility index (Phi) is 2.73. The first-order valence-corrected chi connectivity index (χ1v) is 5.65. The molecule has 0 aromatic carbocycles. The van der Waals surface area contributed by atoms with E-state index in [0.717, 1.165) is 38.0 Å². The molecule has 2 aliphatic heterocycles. The van der Waals surface area contributed by atoms with E-state index in [2.05, 4.69) is 10.2 Å². The molecule has 0 aliphatic carbocycles. The lowest BCUT2D eigenvalue weighted by Crippen LogP contribution is -2.39. The van der Waals surface area contributed by atoms with Crippen LogP contribution in [0.2, 0.25) is 0 Å². The first kappa shape index (κ1) is 10.9. The summed E-state index contributed by atoms with van der Waals surface area (Å²) in [6, 6.07) is 0. The number of aliphatic carboxylic acids is 1. The molecule has 2 fully saturated rings. The fraction of sp³-hybridized carbons (Fsp3) is 0.909. The van der Waals surface area contributed by atoms with Gasteiger partial charge in [-0.2, -0.15) is 0 Å². The number of carboxylic acids is 1. The number of carbonyl (C=O) groups is 1. The third kappa shape index (κ3) is 2.16. The minimum Gasteiger partial charge on any atom is -0.481 e. The largest absolute Gasteiger partial charge is 0.481 e. The summed E-state index contributed by atoms with van der Waals surface area (Å²) < 4.78 is 0. The molecule has 2 rings (SSSR count). The van der Waals surface area contributed by atoms with Crippen molar-refractivity contribution >= 4 is 5.97 Å². The fourth-order valence-corrected chi connectivity index (χ4v) is 2.71. The van der Waals surface area contributed by atoms with Crippen LogP contribution in [0.5, 0.6) is 0 Å². The number of likely N-dealkylation sites (tertiary alicyclic amines) is 1. The van der Waals surface area contributed by atoms with Gasteiger partial charge in [0.1, 0.15) is 0 Å². The van der Waals surface area contributed by atoms with E-state index in [4.69, 9.17) is 5.11 Å². The van der Waals surface area contributed by atoms with Gasteiger partial charge in [-0.05, 0) is 38.8 Å². The minimum atomic E-state index is -0.697. The van der Waals surface area contributed by atoms with E-state index in [1.54, 1.807) is 0 Å². The van der Waals surface area contributed by atoms with Gasteiger partial charge in [-0.3, -0.25) is 4.79 Å². The number of hydrogen-bond acceptors (Lipinski definition) is 3. The minimum absolute atomic E-state index is 0.619. The van der Waals surface area contributed by atoms with E-state index >= 15 is 0 Å². The monoisotopic (exact) mass is 212 g/mol. The van der Waals surface area contributed by atoms with Crippen LogP contribution >= 0.6 is 0 Å². The maximum atomic E-state index is 11.0. The van der Waals surface area contributed by atoms with Gasteiger partial charge in [-0.1, -0.05) is 0 Å². The maximum Gasteiger partial charge on any atom is 0.310 e. The SMILES string of the molecule is CC(C)(CN1C[C@H]2CNC[C@H]2C1)C(=O)O. The predicted molar refractivity (Wildman–Crippen MR) is 57.7 cm³/mol. The van der Waals surface area contributed by atoms with Crippen LogP contribution in [0.25, 0.3) is 0 Å². The van der Waals surface area contributed by atoms with Crippen LogP contribution in [-0.2, 0) is 4.79 Å². The van der Waals surface area contributed by atoms with Gasteiger partial charge in [0.15, 0.2) is 0 Å². The van der Waals surface area contributed by atoms with Crippen molar-refractivity contribution in [3.63, 3.8) is 0 Å². The van der Waals surface area contributed by atoms with E-state index in [-0.39, 0.29) is 0 Å². The maximum absolute atomic E-state index is 11.0. The van der Waals surface area contributed by atoms with E-state index in [0.29, 0.717) is 6.54 Å². The quantitative estimate of drug-likeness (QED) is 0.704. The molecule has 2 atom stereocenters. The average molecular weight is 212 g/mol. The van der Waals surface area contributed by atoms with Crippen molar-refractivity contribution in [2.24, 2.45) is 17.3 Å². The van der Waals surface area contributed by atoms with Crippen LogP contribution < -0.4 is 5.32 Å². The van der Waals surface area contributed by atoms with Gasteiger partial charge >= 0.3 is 5.97 Å². The summed E-state index contributed by atoms with van der Waals surface area (Å²) in [5.74, 6) is 0.793. The Labute approximate surface area is 90.6 Å². The smallest absolute Gasteiger partial charge is 0.310 e. The Balaban J connectivity index is 1.90. The van der Waals surface area contributed by atoms with Gasteiger partial charge in [0.2, 0.25) is 0 Å². The molecule has 2 aliphatic rings. The van der Waals surface area contributed by atoms with Crippen molar-refractivity contribution in [1.82, 2.24) is 10.2 Å². The topological polar surface area (TPSA) is 52.6 Å². The van der Waals surface area contributed by atoms with Gasteiger partial charge in [-0.25, -0.2) is 0 Å². The average Bonchev–Trinajstić information content (AvgIpc) is 2.62. The molecular formula is C11H20N2O2. The highest BCUT2D eigenvalue weighted by Crippen LogP contribution is 2.29. The third-order valence-electron chi connectivity index (χ3n) is 3.66. The molecule has 0 aromatic heterocycles. The van der Waals surface area contributed by atoms with E-state index in [9.17, 15) is 4.79 Å². The summed E-state index contributed by atoms with van der Waals surface area (Å²) in [7, 11) is 0. The molecule has 15 heavy (non-hydrogen) atoms. The Morgan fingerprint density at radius 3 is 2.40 bits per heavy atom. The lowest BCUT2D eigenvalue weighted by atomic mass is 9.93. The Bertz CT molecular complexity index is 253. The van der Waals surface area contributed by atoms with Gasteiger partial charge in [0.05, 0.1) is 5.41 Å². The Morgan fingerprint density at radius 1 is 1.40 bits per heavy atom. The van der Waals surface area contributed by atoms with Crippen LogP contribution in [0.4, 0.5) is 0 Å². The molecule has 0 aromatic rings. The van der Waals surface area contributed by atoms with Crippen LogP contribution in [-0.4, -0.2) is 48.7 Å². The number of fused-ring (bicyclic) bond motifs is 1. The number of nitrogens with zero attached hydrogens (tertiary/aromatic N) is 1. The molecule has 86 valence electrons. The highest BCUT2D eigenvalue weighted by molar-refractivity contribution is 5.73. The van der Waals surface area contributed by atoms with Gasteiger partial charge in [0, 0.05) is 19.6 Å². The molecule has 0 unspecified atom stereocenters. The van der Waals surface area contributed by atoms with Crippen LogP contribution in [0.15, 0.2) is 0 Å². The second-order valence-electron chi connectivity index (χ2n) is 5.56. The molecule has 2 saturated heterocycles. The van der Waals surface area contributed by atoms with Gasteiger partial charge < -0.3 is 15.3 Å². The fourth-order valence-electron chi connectivity index (χ4n) is 2.71. The first-order valence-electron chi connectivity index (χ1n) is 5.65. The van der Waals surface area contributed by atoms with Crippen LogP contribution in [0.1, 0.15) is 13.8 Å². The number of rotatable bonds is 3. The van der Waals surface area contributed by atoms with Crippen LogP contribution in [0, 0.1) is 17.3 Å².